The Balaban J connectivity index is 1.45. The minimum atomic E-state index is -0.925. The Bertz CT molecular complexity index is 1090. The number of rotatable bonds is 8. The van der Waals surface area contributed by atoms with Crippen molar-refractivity contribution in [2.45, 2.75) is 62.9 Å². The van der Waals surface area contributed by atoms with E-state index < -0.39 is 11.4 Å². The Morgan fingerprint density at radius 2 is 2.06 bits per heavy atom. The number of hydrogen-bond donors (Lipinski definition) is 1. The molecule has 1 spiro atoms. The molecular formula is C24H29N5O4S. The number of piperazine rings is 1. The fraction of sp³-hybridized carbons (Fsp3) is 0.458. The van der Waals surface area contributed by atoms with Gasteiger partial charge in [-0.2, -0.15) is 0 Å². The standard InChI is InChI=1S/C24H29N5O4S/c1-3-12-28-19(15-33-18-9-7-8-17(2)13-18)26-27-23(28)34-16-21(31)29-14-20(30)25-22(32)24(29)10-5-4-6-11-24/h3,7-9,13H,1,4-6,10-12,14-16H2,2H3,(H,25,30,32). The van der Waals surface area contributed by atoms with Crippen LogP contribution in [-0.4, -0.2) is 55.2 Å². The van der Waals surface area contributed by atoms with Gasteiger partial charge in [-0.15, -0.1) is 16.8 Å². The monoisotopic (exact) mass is 483 g/mol. The second-order valence-corrected chi connectivity index (χ2v) is 9.58. The van der Waals surface area contributed by atoms with E-state index in [2.05, 4.69) is 22.1 Å². The normalized spacial score (nSPS) is 17.5. The van der Waals surface area contributed by atoms with Gasteiger partial charge >= 0.3 is 0 Å². The lowest BCUT2D eigenvalue weighted by Crippen LogP contribution is -2.69. The average Bonchev–Trinajstić information content (AvgIpc) is 3.21. The van der Waals surface area contributed by atoms with Gasteiger partial charge in [-0.05, 0) is 37.5 Å². The van der Waals surface area contributed by atoms with Gasteiger partial charge in [-0.3, -0.25) is 24.3 Å². The van der Waals surface area contributed by atoms with Crippen molar-refractivity contribution in [2.75, 3.05) is 12.3 Å². The zero-order valence-electron chi connectivity index (χ0n) is 19.3. The van der Waals surface area contributed by atoms with Gasteiger partial charge < -0.3 is 9.64 Å². The van der Waals surface area contributed by atoms with Crippen molar-refractivity contribution in [3.63, 3.8) is 0 Å². The Hall–Kier alpha value is -3.14. The molecule has 180 valence electrons. The number of nitrogens with zero attached hydrogens (tertiary/aromatic N) is 4. The number of aryl methyl sites for hydroxylation is 1. The molecule has 0 radical (unpaired) electrons. The smallest absolute Gasteiger partial charge is 0.252 e. The highest BCUT2D eigenvalue weighted by atomic mass is 32.2. The van der Waals surface area contributed by atoms with Crippen molar-refractivity contribution in [3.05, 3.63) is 48.3 Å². The quantitative estimate of drug-likeness (QED) is 0.349. The zero-order valence-corrected chi connectivity index (χ0v) is 20.1. The second-order valence-electron chi connectivity index (χ2n) is 8.64. The minimum Gasteiger partial charge on any atom is -0.486 e. The molecule has 0 unspecified atom stereocenters. The van der Waals surface area contributed by atoms with E-state index in [1.165, 1.54) is 16.7 Å². The summed E-state index contributed by atoms with van der Waals surface area (Å²) >= 11 is 1.24. The lowest BCUT2D eigenvalue weighted by Gasteiger charge is -2.47. The molecule has 2 aromatic rings. The summed E-state index contributed by atoms with van der Waals surface area (Å²) in [5.74, 6) is 0.366. The molecule has 2 fully saturated rings. The van der Waals surface area contributed by atoms with Gasteiger partial charge in [0.25, 0.3) is 5.91 Å². The van der Waals surface area contributed by atoms with E-state index in [0.29, 0.717) is 30.4 Å². The molecule has 1 aliphatic heterocycles. The summed E-state index contributed by atoms with van der Waals surface area (Å²) in [4.78, 5) is 39.5. The Morgan fingerprint density at radius 3 is 2.79 bits per heavy atom. The van der Waals surface area contributed by atoms with Crippen LogP contribution in [-0.2, 0) is 27.5 Å². The number of allylic oxidation sites excluding steroid dienone is 1. The zero-order chi connectivity index (χ0) is 24.1. The van der Waals surface area contributed by atoms with Gasteiger partial charge in [0.2, 0.25) is 11.8 Å². The number of aromatic nitrogens is 3. The highest BCUT2D eigenvalue weighted by molar-refractivity contribution is 7.99. The summed E-state index contributed by atoms with van der Waals surface area (Å²) in [5, 5.41) is 11.5. The minimum absolute atomic E-state index is 0.0519. The van der Waals surface area contributed by atoms with Crippen molar-refractivity contribution in [2.24, 2.45) is 0 Å². The Labute approximate surface area is 202 Å². The predicted octanol–water partition coefficient (Wildman–Crippen LogP) is 2.63. The molecule has 2 aliphatic rings. The summed E-state index contributed by atoms with van der Waals surface area (Å²) in [7, 11) is 0. The van der Waals surface area contributed by atoms with Crippen molar-refractivity contribution >= 4 is 29.5 Å². The number of imide groups is 1. The first-order valence-electron chi connectivity index (χ1n) is 11.4. The summed E-state index contributed by atoms with van der Waals surface area (Å²) in [6.07, 6.45) is 5.63. The van der Waals surface area contributed by atoms with E-state index in [1.54, 1.807) is 6.08 Å². The summed E-state index contributed by atoms with van der Waals surface area (Å²) in [5.41, 5.74) is 0.172. The third kappa shape index (κ3) is 5.01. The second kappa shape index (κ2) is 10.4. The summed E-state index contributed by atoms with van der Waals surface area (Å²) in [6.45, 7) is 6.39. The van der Waals surface area contributed by atoms with E-state index in [9.17, 15) is 14.4 Å². The van der Waals surface area contributed by atoms with Gasteiger partial charge in [0.05, 0.1) is 5.75 Å². The fourth-order valence-electron chi connectivity index (χ4n) is 4.56. The van der Waals surface area contributed by atoms with Crippen LogP contribution in [0.2, 0.25) is 0 Å². The summed E-state index contributed by atoms with van der Waals surface area (Å²) < 4.78 is 7.72. The maximum absolute atomic E-state index is 13.2. The van der Waals surface area contributed by atoms with Gasteiger partial charge in [-0.25, -0.2) is 0 Å². The lowest BCUT2D eigenvalue weighted by molar-refractivity contribution is -0.158. The average molecular weight is 484 g/mol. The first-order valence-corrected chi connectivity index (χ1v) is 12.4. The molecule has 10 heteroatoms. The van der Waals surface area contributed by atoms with Crippen LogP contribution in [0.5, 0.6) is 5.75 Å². The van der Waals surface area contributed by atoms with E-state index >= 15 is 0 Å². The van der Waals surface area contributed by atoms with Crippen LogP contribution in [0.1, 0.15) is 43.5 Å². The first-order chi connectivity index (χ1) is 16.4. The van der Waals surface area contributed by atoms with E-state index in [4.69, 9.17) is 4.74 Å². The number of hydrogen-bond acceptors (Lipinski definition) is 7. The van der Waals surface area contributed by atoms with Crippen LogP contribution in [0.3, 0.4) is 0 Å². The topological polar surface area (TPSA) is 106 Å². The van der Waals surface area contributed by atoms with E-state index in [0.717, 1.165) is 30.6 Å². The molecule has 3 amide bonds. The highest BCUT2D eigenvalue weighted by Crippen LogP contribution is 2.36. The molecular weight excluding hydrogens is 454 g/mol. The fourth-order valence-corrected chi connectivity index (χ4v) is 5.41. The van der Waals surface area contributed by atoms with Gasteiger partial charge in [0.15, 0.2) is 11.0 Å². The Kier molecular flexibility index (Phi) is 7.35. The number of ether oxygens (including phenoxy) is 1. The maximum atomic E-state index is 13.2. The molecule has 1 N–H and O–H groups in total. The molecule has 1 saturated carbocycles. The number of carbonyl (C=O) groups excluding carboxylic acids is 3. The number of benzene rings is 1. The van der Waals surface area contributed by atoms with Crippen molar-refractivity contribution in [1.29, 1.82) is 0 Å². The van der Waals surface area contributed by atoms with Gasteiger partial charge in [0, 0.05) is 6.54 Å². The predicted molar refractivity (Wildman–Crippen MR) is 127 cm³/mol. The number of carbonyl (C=O) groups is 3. The van der Waals surface area contributed by atoms with Crippen LogP contribution in [0.4, 0.5) is 0 Å². The van der Waals surface area contributed by atoms with Crippen LogP contribution in [0, 0.1) is 6.92 Å². The van der Waals surface area contributed by atoms with Crippen LogP contribution >= 0.6 is 11.8 Å². The largest absolute Gasteiger partial charge is 0.486 e. The molecule has 2 heterocycles. The molecule has 9 nitrogen and oxygen atoms in total. The van der Waals surface area contributed by atoms with E-state index in [1.807, 2.05) is 35.8 Å². The molecule has 1 aliphatic carbocycles. The molecule has 1 saturated heterocycles. The lowest BCUT2D eigenvalue weighted by atomic mass is 9.78. The summed E-state index contributed by atoms with van der Waals surface area (Å²) in [6, 6.07) is 7.75. The van der Waals surface area contributed by atoms with Gasteiger partial charge in [-0.1, -0.05) is 49.2 Å². The molecule has 0 bridgehead atoms. The third-order valence-electron chi connectivity index (χ3n) is 6.26. The molecule has 4 rings (SSSR count). The number of amides is 3. The van der Waals surface area contributed by atoms with Gasteiger partial charge in [0.1, 0.15) is 24.4 Å². The van der Waals surface area contributed by atoms with Crippen molar-refractivity contribution < 1.29 is 19.1 Å². The molecule has 0 atom stereocenters. The van der Waals surface area contributed by atoms with Crippen molar-refractivity contribution in [1.82, 2.24) is 25.0 Å². The van der Waals surface area contributed by atoms with Crippen molar-refractivity contribution in [3.8, 4) is 5.75 Å². The molecule has 1 aromatic heterocycles. The Morgan fingerprint density at radius 1 is 1.26 bits per heavy atom. The van der Waals surface area contributed by atoms with E-state index in [-0.39, 0.29) is 30.7 Å². The number of thioether (sulfide) groups is 1. The molecule has 1 aromatic carbocycles. The SMILES string of the molecule is C=CCn1c(COc2cccc(C)c2)nnc1SCC(=O)N1CC(=O)NC(=O)C12CCCCC2. The van der Waals surface area contributed by atoms with Crippen LogP contribution in [0.25, 0.3) is 0 Å². The molecule has 34 heavy (non-hydrogen) atoms. The first kappa shape index (κ1) is 24.0. The maximum Gasteiger partial charge on any atom is 0.252 e. The highest BCUT2D eigenvalue weighted by Gasteiger charge is 2.50. The van der Waals surface area contributed by atoms with Crippen LogP contribution in [0.15, 0.2) is 42.1 Å². The number of nitrogens with one attached hydrogen (secondary N) is 1. The third-order valence-corrected chi connectivity index (χ3v) is 7.21. The van der Waals surface area contributed by atoms with Crippen LogP contribution < -0.4 is 10.1 Å².